The minimum absolute atomic E-state index is 0.802. The molecule has 8 nitrogen and oxygen atoms in total. The van der Waals surface area contributed by atoms with E-state index in [2.05, 4.69) is 19.8 Å². The highest BCUT2D eigenvalue weighted by Crippen LogP contribution is 2.23. The Morgan fingerprint density at radius 3 is 1.42 bits per heavy atom. The number of rotatable bonds is 14. The van der Waals surface area contributed by atoms with Crippen LogP contribution in [-0.2, 0) is 0 Å². The fourth-order valence-corrected chi connectivity index (χ4v) is 4.21. The lowest BCUT2D eigenvalue weighted by atomic mass is 10.2. The van der Waals surface area contributed by atoms with E-state index >= 15 is 0 Å². The third-order valence-corrected chi connectivity index (χ3v) is 6.32. The predicted molar refractivity (Wildman–Crippen MR) is 146 cm³/mol. The van der Waals surface area contributed by atoms with Gasteiger partial charge >= 0.3 is 0 Å². The molecular weight excluding hydrogens is 456 g/mol. The summed E-state index contributed by atoms with van der Waals surface area (Å²) >= 11 is 0. The van der Waals surface area contributed by atoms with Gasteiger partial charge in [0.25, 0.3) is 0 Å². The van der Waals surface area contributed by atoms with E-state index in [0.717, 1.165) is 99.3 Å². The Morgan fingerprint density at radius 1 is 0.639 bits per heavy atom. The lowest BCUT2D eigenvalue weighted by Crippen LogP contribution is -2.46. The molecule has 36 heavy (non-hydrogen) atoms. The topological polar surface area (TPSA) is 68.1 Å². The molecule has 0 radical (unpaired) electrons. The number of hydrogen-bond donors (Lipinski definition) is 0. The Hall–Kier alpha value is -3.10. The first-order valence-electron chi connectivity index (χ1n) is 12.5. The summed E-state index contributed by atoms with van der Waals surface area (Å²) in [5.41, 5.74) is 1.88. The number of nitrogens with zero attached hydrogens (tertiary/aromatic N) is 4. The summed E-state index contributed by atoms with van der Waals surface area (Å²) in [7, 11) is 6.67. The van der Waals surface area contributed by atoms with Gasteiger partial charge in [-0.15, -0.1) is 0 Å². The molecule has 0 unspecified atom stereocenters. The summed E-state index contributed by atoms with van der Waals surface area (Å²) in [4.78, 5) is 14.3. The maximum Gasteiger partial charge on any atom is 0.127 e. The summed E-state index contributed by atoms with van der Waals surface area (Å²) in [6.45, 7) is 8.19. The second kappa shape index (κ2) is 15.1. The molecule has 0 bridgehead atoms. The van der Waals surface area contributed by atoms with Crippen molar-refractivity contribution in [2.24, 2.45) is 9.98 Å². The second-order valence-electron chi connectivity index (χ2n) is 8.68. The van der Waals surface area contributed by atoms with Gasteiger partial charge in [-0.3, -0.25) is 9.98 Å². The number of hydrogen-bond acceptors (Lipinski definition) is 8. The molecule has 0 spiro atoms. The number of methoxy groups -OCH3 is 4. The predicted octanol–water partition coefficient (Wildman–Crippen LogP) is 3.66. The second-order valence-corrected chi connectivity index (χ2v) is 8.68. The lowest BCUT2D eigenvalue weighted by molar-refractivity contribution is 0.131. The molecule has 1 saturated heterocycles. The van der Waals surface area contributed by atoms with Gasteiger partial charge < -0.3 is 28.7 Å². The van der Waals surface area contributed by atoms with Gasteiger partial charge in [0.15, 0.2) is 0 Å². The van der Waals surface area contributed by atoms with E-state index < -0.39 is 0 Å². The van der Waals surface area contributed by atoms with E-state index in [1.807, 2.05) is 48.8 Å². The van der Waals surface area contributed by atoms with Gasteiger partial charge in [0.05, 0.1) is 28.4 Å². The van der Waals surface area contributed by atoms with Crippen LogP contribution in [0.3, 0.4) is 0 Å². The molecule has 1 fully saturated rings. The zero-order chi connectivity index (χ0) is 25.6. The van der Waals surface area contributed by atoms with Crippen molar-refractivity contribution < 1.29 is 18.9 Å². The van der Waals surface area contributed by atoms with Crippen molar-refractivity contribution in [3.05, 3.63) is 47.5 Å². The number of ether oxygens (including phenoxy) is 4. The maximum absolute atomic E-state index is 5.41. The van der Waals surface area contributed by atoms with Crippen LogP contribution in [0.2, 0.25) is 0 Å². The van der Waals surface area contributed by atoms with Crippen molar-refractivity contribution in [1.29, 1.82) is 0 Å². The summed E-state index contributed by atoms with van der Waals surface area (Å²) in [6, 6.07) is 11.5. The minimum Gasteiger partial charge on any atom is -0.497 e. The SMILES string of the molecule is COc1ccc(OC)c(C=NCCCN2CCN(CCCN=Cc3cc(OC)ccc3OC)CC2)c1. The molecule has 2 aromatic carbocycles. The fraction of sp³-hybridized carbons (Fsp3) is 0.500. The molecule has 1 aliphatic heterocycles. The van der Waals surface area contributed by atoms with Crippen LogP contribution in [0.15, 0.2) is 46.4 Å². The molecule has 0 amide bonds. The molecule has 1 heterocycles. The third kappa shape index (κ3) is 8.53. The molecule has 0 aromatic heterocycles. The van der Waals surface area contributed by atoms with Crippen molar-refractivity contribution in [3.8, 4) is 23.0 Å². The van der Waals surface area contributed by atoms with Crippen LogP contribution in [0.5, 0.6) is 23.0 Å². The smallest absolute Gasteiger partial charge is 0.127 e. The van der Waals surface area contributed by atoms with Crippen molar-refractivity contribution in [2.45, 2.75) is 12.8 Å². The molecule has 0 N–H and O–H groups in total. The Labute approximate surface area is 215 Å². The highest BCUT2D eigenvalue weighted by Gasteiger charge is 2.15. The number of piperazine rings is 1. The highest BCUT2D eigenvalue weighted by molar-refractivity contribution is 5.84. The van der Waals surface area contributed by atoms with E-state index in [0.29, 0.717) is 0 Å². The Balaban J connectivity index is 1.30. The minimum atomic E-state index is 0.802. The number of benzene rings is 2. The Kier molecular flexibility index (Phi) is 11.5. The van der Waals surface area contributed by atoms with Gasteiger partial charge in [0, 0.05) is 62.8 Å². The normalized spacial score (nSPS) is 15.0. The summed E-state index contributed by atoms with van der Waals surface area (Å²) in [5, 5.41) is 0. The van der Waals surface area contributed by atoms with Crippen molar-refractivity contribution in [3.63, 3.8) is 0 Å². The quantitative estimate of drug-likeness (QED) is 0.294. The Morgan fingerprint density at radius 2 is 1.06 bits per heavy atom. The van der Waals surface area contributed by atoms with E-state index in [9.17, 15) is 0 Å². The summed E-state index contributed by atoms with van der Waals surface area (Å²) < 4.78 is 21.4. The molecule has 8 heteroatoms. The first kappa shape index (κ1) is 27.5. The summed E-state index contributed by atoms with van der Waals surface area (Å²) in [6.07, 6.45) is 5.86. The lowest BCUT2D eigenvalue weighted by Gasteiger charge is -2.34. The maximum atomic E-state index is 5.41. The van der Waals surface area contributed by atoms with E-state index in [1.54, 1.807) is 28.4 Å². The van der Waals surface area contributed by atoms with Crippen molar-refractivity contribution in [2.75, 3.05) is 80.8 Å². The van der Waals surface area contributed by atoms with Gasteiger partial charge in [-0.05, 0) is 62.3 Å². The van der Waals surface area contributed by atoms with Crippen LogP contribution < -0.4 is 18.9 Å². The van der Waals surface area contributed by atoms with Crippen LogP contribution in [0.4, 0.5) is 0 Å². The van der Waals surface area contributed by atoms with Gasteiger partial charge in [0.1, 0.15) is 23.0 Å². The van der Waals surface area contributed by atoms with Gasteiger partial charge in [-0.1, -0.05) is 0 Å². The molecule has 0 aliphatic carbocycles. The zero-order valence-corrected chi connectivity index (χ0v) is 22.1. The fourth-order valence-electron chi connectivity index (χ4n) is 4.21. The zero-order valence-electron chi connectivity index (χ0n) is 22.1. The first-order chi connectivity index (χ1) is 17.7. The number of aliphatic imine (C=N–C) groups is 2. The molecule has 2 aromatic rings. The van der Waals surface area contributed by atoms with Gasteiger partial charge in [-0.2, -0.15) is 0 Å². The van der Waals surface area contributed by atoms with Gasteiger partial charge in [-0.25, -0.2) is 0 Å². The van der Waals surface area contributed by atoms with Crippen LogP contribution in [0.1, 0.15) is 24.0 Å². The van der Waals surface area contributed by atoms with Crippen LogP contribution >= 0.6 is 0 Å². The molecule has 0 atom stereocenters. The van der Waals surface area contributed by atoms with E-state index in [4.69, 9.17) is 18.9 Å². The third-order valence-electron chi connectivity index (χ3n) is 6.32. The average Bonchev–Trinajstić information content (AvgIpc) is 2.93. The largest absolute Gasteiger partial charge is 0.497 e. The van der Waals surface area contributed by atoms with Gasteiger partial charge in [0.2, 0.25) is 0 Å². The van der Waals surface area contributed by atoms with E-state index in [1.165, 1.54) is 0 Å². The summed E-state index contributed by atoms with van der Waals surface area (Å²) in [5.74, 6) is 3.22. The van der Waals surface area contributed by atoms with Crippen molar-refractivity contribution >= 4 is 12.4 Å². The first-order valence-corrected chi connectivity index (χ1v) is 12.5. The average molecular weight is 497 g/mol. The molecule has 196 valence electrons. The monoisotopic (exact) mass is 496 g/mol. The van der Waals surface area contributed by atoms with Crippen LogP contribution in [-0.4, -0.2) is 103 Å². The molecule has 1 aliphatic rings. The highest BCUT2D eigenvalue weighted by atomic mass is 16.5. The van der Waals surface area contributed by atoms with Crippen molar-refractivity contribution in [1.82, 2.24) is 9.80 Å². The molecular formula is C28H40N4O4. The standard InChI is InChI=1S/C28H40N4O4/c1-33-25-7-9-27(35-3)23(19-25)21-29-11-5-13-31-15-17-32(18-16-31)14-6-12-30-22-24-20-26(34-2)8-10-28(24)36-4/h7-10,19-22H,5-6,11-18H2,1-4H3. The van der Waals surface area contributed by atoms with Crippen LogP contribution in [0.25, 0.3) is 0 Å². The molecule has 3 rings (SSSR count). The Bertz CT molecular complexity index is 908. The molecule has 0 saturated carbocycles. The van der Waals surface area contributed by atoms with E-state index in [-0.39, 0.29) is 0 Å². The van der Waals surface area contributed by atoms with Crippen LogP contribution in [0, 0.1) is 0 Å².